The first-order valence-corrected chi connectivity index (χ1v) is 16.9. The van der Waals surface area contributed by atoms with Crippen molar-refractivity contribution in [2.45, 2.75) is 89.3 Å². The SMILES string of the molecule is CN1CCSC1[C@@H]1OC(C)(C)N(C(=O)OC(C)(C)C)[C@H]1CO[Si](c1ccccc1)(c1ccccc1)C(C)(C)C. The Labute approximate surface area is 240 Å². The Hall–Kier alpha value is -1.84. The summed E-state index contributed by atoms with van der Waals surface area (Å²) in [4.78, 5) is 17.9. The van der Waals surface area contributed by atoms with Crippen molar-refractivity contribution >= 4 is 36.5 Å². The lowest BCUT2D eigenvalue weighted by atomic mass is 10.1. The van der Waals surface area contributed by atoms with E-state index in [0.717, 1.165) is 12.3 Å². The van der Waals surface area contributed by atoms with Gasteiger partial charge in [-0.1, -0.05) is 81.4 Å². The van der Waals surface area contributed by atoms with Crippen LogP contribution in [0.25, 0.3) is 0 Å². The smallest absolute Gasteiger partial charge is 0.412 e. The van der Waals surface area contributed by atoms with Gasteiger partial charge in [-0.05, 0) is 57.1 Å². The number of benzene rings is 2. The van der Waals surface area contributed by atoms with Gasteiger partial charge in [-0.3, -0.25) is 9.80 Å². The normalized spacial score (nSPS) is 24.2. The fraction of sp³-hybridized carbons (Fsp3) is 0.581. The van der Waals surface area contributed by atoms with Crippen LogP contribution in [0.3, 0.4) is 0 Å². The van der Waals surface area contributed by atoms with E-state index in [2.05, 4.69) is 93.4 Å². The molecule has 2 aromatic carbocycles. The second kappa shape index (κ2) is 11.2. The molecule has 2 fully saturated rings. The highest BCUT2D eigenvalue weighted by Gasteiger charge is 2.57. The van der Waals surface area contributed by atoms with E-state index in [1.54, 1.807) is 4.90 Å². The number of likely N-dealkylation sites (N-methyl/N-ethyl adjacent to an activating group) is 1. The van der Waals surface area contributed by atoms with Gasteiger partial charge >= 0.3 is 6.09 Å². The summed E-state index contributed by atoms with van der Waals surface area (Å²) in [6.45, 7) is 17.8. The zero-order valence-corrected chi connectivity index (χ0v) is 26.9. The van der Waals surface area contributed by atoms with Crippen LogP contribution in [0.4, 0.5) is 4.79 Å². The van der Waals surface area contributed by atoms with Crippen LogP contribution in [0.1, 0.15) is 55.4 Å². The average molecular weight is 571 g/mol. The number of amides is 1. The van der Waals surface area contributed by atoms with E-state index in [1.807, 2.05) is 46.4 Å². The van der Waals surface area contributed by atoms with E-state index in [4.69, 9.17) is 13.9 Å². The van der Waals surface area contributed by atoms with Gasteiger partial charge in [-0.15, -0.1) is 11.8 Å². The molecule has 4 rings (SSSR count). The highest BCUT2D eigenvalue weighted by molar-refractivity contribution is 8.00. The number of nitrogens with zero attached hydrogens (tertiary/aromatic N) is 2. The number of rotatable bonds is 6. The van der Waals surface area contributed by atoms with Crippen LogP contribution in [0, 0.1) is 0 Å². The van der Waals surface area contributed by atoms with E-state index >= 15 is 0 Å². The first-order valence-electron chi connectivity index (χ1n) is 13.9. The number of ether oxygens (including phenoxy) is 2. The highest BCUT2D eigenvalue weighted by atomic mass is 32.2. The van der Waals surface area contributed by atoms with Crippen molar-refractivity contribution in [3.8, 4) is 0 Å². The summed E-state index contributed by atoms with van der Waals surface area (Å²) in [6.07, 6.45) is -0.583. The summed E-state index contributed by atoms with van der Waals surface area (Å²) < 4.78 is 20.0. The molecule has 0 aromatic heterocycles. The molecule has 214 valence electrons. The van der Waals surface area contributed by atoms with Crippen LogP contribution in [0.15, 0.2) is 60.7 Å². The molecule has 0 aliphatic carbocycles. The topological polar surface area (TPSA) is 51.2 Å². The zero-order chi connectivity index (χ0) is 28.6. The summed E-state index contributed by atoms with van der Waals surface area (Å²) in [7, 11) is -0.679. The molecule has 2 heterocycles. The molecular weight excluding hydrogens is 525 g/mol. The molecule has 39 heavy (non-hydrogen) atoms. The summed E-state index contributed by atoms with van der Waals surface area (Å²) in [6, 6.07) is 21.0. The van der Waals surface area contributed by atoms with Gasteiger partial charge in [0.1, 0.15) is 17.4 Å². The Morgan fingerprint density at radius 2 is 1.54 bits per heavy atom. The van der Waals surface area contributed by atoms with Gasteiger partial charge in [-0.25, -0.2) is 4.79 Å². The molecule has 0 bridgehead atoms. The van der Waals surface area contributed by atoms with Crippen molar-refractivity contribution < 1.29 is 18.7 Å². The second-order valence-electron chi connectivity index (χ2n) is 13.2. The monoisotopic (exact) mass is 570 g/mol. The van der Waals surface area contributed by atoms with Crippen molar-refractivity contribution in [1.82, 2.24) is 9.80 Å². The van der Waals surface area contributed by atoms with Crippen LogP contribution in [0.5, 0.6) is 0 Å². The van der Waals surface area contributed by atoms with Crippen molar-refractivity contribution in [3.63, 3.8) is 0 Å². The summed E-state index contributed by atoms with van der Waals surface area (Å²) >= 11 is 1.89. The molecule has 0 spiro atoms. The van der Waals surface area contributed by atoms with Crippen molar-refractivity contribution in [1.29, 1.82) is 0 Å². The quantitative estimate of drug-likeness (QED) is 0.439. The van der Waals surface area contributed by atoms with Crippen molar-refractivity contribution in [3.05, 3.63) is 60.7 Å². The van der Waals surface area contributed by atoms with E-state index < -0.39 is 19.6 Å². The number of hydrogen-bond acceptors (Lipinski definition) is 6. The number of hydrogen-bond donors (Lipinski definition) is 0. The van der Waals surface area contributed by atoms with E-state index in [1.165, 1.54) is 10.4 Å². The van der Waals surface area contributed by atoms with E-state index in [9.17, 15) is 4.79 Å². The van der Waals surface area contributed by atoms with Crippen molar-refractivity contribution in [2.24, 2.45) is 0 Å². The van der Waals surface area contributed by atoms with E-state index in [-0.39, 0.29) is 28.7 Å². The highest BCUT2D eigenvalue weighted by Crippen LogP contribution is 2.42. The summed E-state index contributed by atoms with van der Waals surface area (Å²) in [5, 5.41) is 2.39. The standard InChI is InChI=1S/C31H46N2O4SSi/c1-29(2,3)37-28(34)33-25(26(36-31(33,7)8)27-32(9)20-21-38-27)22-35-39(30(4,5)6,23-16-12-10-13-17-23)24-18-14-11-15-19-24/h10-19,25-27H,20-22H2,1-9H3/t25-,26+,27?/m0/s1. The van der Waals surface area contributed by atoms with Gasteiger partial charge in [0.25, 0.3) is 8.32 Å². The molecule has 1 amide bonds. The first kappa shape index (κ1) is 30.1. The predicted octanol–water partition coefficient (Wildman–Crippen LogP) is 5.31. The van der Waals surface area contributed by atoms with Gasteiger partial charge in [0.2, 0.25) is 0 Å². The van der Waals surface area contributed by atoms with Crippen LogP contribution >= 0.6 is 11.8 Å². The molecule has 6 nitrogen and oxygen atoms in total. The molecule has 2 aliphatic heterocycles. The lowest BCUT2D eigenvalue weighted by Crippen LogP contribution is -2.68. The third-order valence-electron chi connectivity index (χ3n) is 7.64. The third kappa shape index (κ3) is 6.10. The molecule has 2 aromatic rings. The van der Waals surface area contributed by atoms with Crippen molar-refractivity contribution in [2.75, 3.05) is 26.0 Å². The Balaban J connectivity index is 1.80. The Morgan fingerprint density at radius 3 is 1.97 bits per heavy atom. The molecule has 8 heteroatoms. The zero-order valence-electron chi connectivity index (χ0n) is 25.1. The predicted molar refractivity (Wildman–Crippen MR) is 163 cm³/mol. The molecular formula is C31H46N2O4SSi. The number of thioether (sulfide) groups is 1. The van der Waals surface area contributed by atoms with Crippen LogP contribution in [0.2, 0.25) is 5.04 Å². The Morgan fingerprint density at radius 1 is 1.00 bits per heavy atom. The van der Waals surface area contributed by atoms with Gasteiger partial charge in [-0.2, -0.15) is 0 Å². The number of carbonyl (C=O) groups is 1. The van der Waals surface area contributed by atoms with Gasteiger partial charge in [0, 0.05) is 12.3 Å². The molecule has 3 atom stereocenters. The fourth-order valence-electron chi connectivity index (χ4n) is 5.99. The molecule has 0 saturated carbocycles. The second-order valence-corrected chi connectivity index (χ2v) is 18.7. The lowest BCUT2D eigenvalue weighted by molar-refractivity contribution is -0.0842. The maximum Gasteiger partial charge on any atom is 0.412 e. The largest absolute Gasteiger partial charge is 0.444 e. The van der Waals surface area contributed by atoms with Gasteiger partial charge in [0.15, 0.2) is 0 Å². The maximum atomic E-state index is 13.7. The first-order chi connectivity index (χ1) is 18.2. The maximum absolute atomic E-state index is 13.7. The van der Waals surface area contributed by atoms with Gasteiger partial charge < -0.3 is 13.9 Å². The Bertz CT molecular complexity index is 1080. The molecule has 1 unspecified atom stereocenters. The summed E-state index contributed by atoms with van der Waals surface area (Å²) in [5.74, 6) is 1.04. The minimum absolute atomic E-state index is 0.129. The van der Waals surface area contributed by atoms with E-state index in [0.29, 0.717) is 6.61 Å². The summed E-state index contributed by atoms with van der Waals surface area (Å²) in [5.41, 5.74) is -1.45. The third-order valence-corrected chi connectivity index (χ3v) is 14.0. The fourth-order valence-corrected chi connectivity index (χ4v) is 12.0. The minimum Gasteiger partial charge on any atom is -0.444 e. The average Bonchev–Trinajstić information content (AvgIpc) is 3.38. The lowest BCUT2D eigenvalue weighted by Gasteiger charge is -2.44. The minimum atomic E-state index is -2.82. The van der Waals surface area contributed by atoms with Crippen LogP contribution < -0.4 is 10.4 Å². The molecule has 0 N–H and O–H groups in total. The Kier molecular flexibility index (Phi) is 8.65. The molecule has 2 saturated heterocycles. The van der Waals surface area contributed by atoms with Crippen LogP contribution in [-0.4, -0.2) is 79.0 Å². The molecule has 2 aliphatic rings. The van der Waals surface area contributed by atoms with Gasteiger partial charge in [0.05, 0.1) is 18.0 Å². The van der Waals surface area contributed by atoms with Crippen LogP contribution in [-0.2, 0) is 13.9 Å². The number of carbonyl (C=O) groups excluding carboxylic acids is 1. The molecule has 0 radical (unpaired) electrons.